The number of hydroxylamine groups is 1. The van der Waals surface area contributed by atoms with Crippen LogP contribution in [0.25, 0.3) is 0 Å². The van der Waals surface area contributed by atoms with Gasteiger partial charge in [-0.15, -0.1) is 0 Å². The minimum Gasteiger partial charge on any atom is -0.382 e. The number of ether oxygens (including phenoxy) is 1. The van der Waals surface area contributed by atoms with Crippen LogP contribution in [-0.4, -0.2) is 39.5 Å². The Kier molecular flexibility index (Phi) is 8.54. The Morgan fingerprint density at radius 2 is 2.16 bits per heavy atom. The first kappa shape index (κ1) is 20.0. The maximum atomic E-state index is 12.8. The number of aliphatic hydroxyl groups is 1. The van der Waals surface area contributed by atoms with Gasteiger partial charge in [-0.3, -0.25) is 9.00 Å². The molecule has 0 bridgehead atoms. The molecule has 7 heteroatoms. The molecule has 2 rings (SSSR count). The Bertz CT molecular complexity index is 548. The quantitative estimate of drug-likeness (QED) is 0.653. The lowest BCUT2D eigenvalue weighted by molar-refractivity contribution is -0.203. The number of benzene rings is 1. The van der Waals surface area contributed by atoms with Crippen LogP contribution < -0.4 is 5.48 Å². The van der Waals surface area contributed by atoms with Gasteiger partial charge in [0.2, 0.25) is 0 Å². The molecule has 1 heterocycles. The highest BCUT2D eigenvalue weighted by Gasteiger charge is 2.32. The van der Waals surface area contributed by atoms with Crippen LogP contribution >= 0.6 is 0 Å². The molecular formula is C18H27NO5S. The Hall–Kier alpha value is -1.28. The minimum absolute atomic E-state index is 0.487. The molecule has 2 unspecified atom stereocenters. The third-order valence-electron chi connectivity index (χ3n) is 4.14. The van der Waals surface area contributed by atoms with Crippen LogP contribution in [0.2, 0.25) is 0 Å². The lowest BCUT2D eigenvalue weighted by Gasteiger charge is -2.25. The van der Waals surface area contributed by atoms with E-state index in [4.69, 9.17) is 9.57 Å². The monoisotopic (exact) mass is 369 g/mol. The molecule has 1 saturated heterocycles. The molecule has 0 aromatic heterocycles. The summed E-state index contributed by atoms with van der Waals surface area (Å²) in [6, 6.07) is 8.90. The van der Waals surface area contributed by atoms with E-state index in [-0.39, 0.29) is 0 Å². The summed E-state index contributed by atoms with van der Waals surface area (Å²) in [6.07, 6.45) is 2.92. The van der Waals surface area contributed by atoms with Crippen LogP contribution in [0.1, 0.15) is 45.4 Å². The zero-order valence-electron chi connectivity index (χ0n) is 14.6. The second-order valence-electron chi connectivity index (χ2n) is 6.12. The van der Waals surface area contributed by atoms with Crippen molar-refractivity contribution in [3.05, 3.63) is 30.3 Å². The highest BCUT2D eigenvalue weighted by Crippen LogP contribution is 2.20. The Morgan fingerprint density at radius 1 is 1.40 bits per heavy atom. The third kappa shape index (κ3) is 6.18. The van der Waals surface area contributed by atoms with E-state index >= 15 is 0 Å². The van der Waals surface area contributed by atoms with Gasteiger partial charge in [-0.2, -0.15) is 0 Å². The fraction of sp³-hybridized carbons (Fsp3) is 0.611. The van der Waals surface area contributed by atoms with E-state index < -0.39 is 34.4 Å². The number of hydrogen-bond acceptors (Lipinski definition) is 5. The fourth-order valence-electron chi connectivity index (χ4n) is 2.67. The zero-order chi connectivity index (χ0) is 18.1. The van der Waals surface area contributed by atoms with E-state index in [0.29, 0.717) is 24.3 Å². The summed E-state index contributed by atoms with van der Waals surface area (Å²) < 4.78 is 18.2. The number of amides is 1. The van der Waals surface area contributed by atoms with Gasteiger partial charge in [0.05, 0.1) is 16.0 Å². The fourth-order valence-corrected chi connectivity index (χ4v) is 4.19. The number of carbonyl (C=O) groups is 1. The van der Waals surface area contributed by atoms with Crippen molar-refractivity contribution in [2.24, 2.45) is 0 Å². The lowest BCUT2D eigenvalue weighted by Crippen LogP contribution is -2.45. The Morgan fingerprint density at radius 3 is 2.80 bits per heavy atom. The van der Waals surface area contributed by atoms with Gasteiger partial charge in [-0.05, 0) is 31.4 Å². The number of aliphatic hydroxyl groups excluding tert-OH is 1. The molecule has 1 aliphatic rings. The molecule has 25 heavy (non-hydrogen) atoms. The molecule has 6 nitrogen and oxygen atoms in total. The van der Waals surface area contributed by atoms with E-state index in [1.54, 1.807) is 24.3 Å². The summed E-state index contributed by atoms with van der Waals surface area (Å²) in [7, 11) is -1.48. The molecule has 1 aromatic rings. The van der Waals surface area contributed by atoms with Gasteiger partial charge < -0.3 is 9.84 Å². The summed E-state index contributed by atoms with van der Waals surface area (Å²) in [5, 5.41) is 9.76. The highest BCUT2D eigenvalue weighted by atomic mass is 32.2. The van der Waals surface area contributed by atoms with E-state index in [2.05, 4.69) is 5.48 Å². The summed E-state index contributed by atoms with van der Waals surface area (Å²) in [4.78, 5) is 18.1. The normalized spacial score (nSPS) is 21.3. The number of carbonyl (C=O) groups excluding carboxylic acids is 1. The van der Waals surface area contributed by atoms with Gasteiger partial charge in [0.15, 0.2) is 6.29 Å². The van der Waals surface area contributed by atoms with Crippen LogP contribution in [0.3, 0.4) is 0 Å². The SMILES string of the molecule is CCCC[C@H]([C@@H](O)C(=O)NOC1CCCCO1)S(=O)c1ccccc1. The van der Waals surface area contributed by atoms with Gasteiger partial charge in [0.1, 0.15) is 6.10 Å². The van der Waals surface area contributed by atoms with Crippen molar-refractivity contribution >= 4 is 16.7 Å². The van der Waals surface area contributed by atoms with Gasteiger partial charge in [0.25, 0.3) is 5.91 Å². The van der Waals surface area contributed by atoms with E-state index in [0.717, 1.165) is 25.7 Å². The van der Waals surface area contributed by atoms with E-state index in [1.807, 2.05) is 13.0 Å². The predicted molar refractivity (Wildman–Crippen MR) is 95.0 cm³/mol. The van der Waals surface area contributed by atoms with Crippen molar-refractivity contribution in [2.75, 3.05) is 6.61 Å². The topological polar surface area (TPSA) is 84.9 Å². The van der Waals surface area contributed by atoms with Crippen LogP contribution in [0, 0.1) is 0 Å². The molecule has 140 valence electrons. The molecule has 1 aromatic carbocycles. The standard InChI is InChI=1S/C18H27NO5S/c1-2-3-11-15(25(22)14-9-5-4-6-10-14)17(20)18(21)19-24-16-12-7-8-13-23-16/h4-6,9-10,15-17,20H,2-3,7-8,11-13H2,1H3,(H,19,21)/t15-,16?,17-,25?/m1/s1. The Balaban J connectivity index is 1.97. The molecule has 4 atom stereocenters. The summed E-state index contributed by atoms with van der Waals surface area (Å²) >= 11 is 0. The average Bonchev–Trinajstić information content (AvgIpc) is 2.67. The molecule has 2 N–H and O–H groups in total. The molecule has 0 saturated carbocycles. The van der Waals surface area contributed by atoms with Gasteiger partial charge in [0, 0.05) is 17.9 Å². The first-order chi connectivity index (χ1) is 12.1. The highest BCUT2D eigenvalue weighted by molar-refractivity contribution is 7.85. The minimum atomic E-state index is -1.48. The van der Waals surface area contributed by atoms with Crippen molar-refractivity contribution in [2.45, 2.75) is 68.0 Å². The zero-order valence-corrected chi connectivity index (χ0v) is 15.4. The van der Waals surface area contributed by atoms with Crippen molar-refractivity contribution < 1.29 is 23.7 Å². The molecule has 1 amide bonds. The van der Waals surface area contributed by atoms with Crippen LogP contribution in [-0.2, 0) is 25.2 Å². The number of hydrogen-bond donors (Lipinski definition) is 2. The van der Waals surface area contributed by atoms with E-state index in [9.17, 15) is 14.1 Å². The summed E-state index contributed by atoms with van der Waals surface area (Å²) in [6.45, 7) is 2.61. The summed E-state index contributed by atoms with van der Waals surface area (Å²) in [5.74, 6) is -0.681. The molecule has 0 aliphatic carbocycles. The lowest BCUT2D eigenvalue weighted by atomic mass is 10.1. The van der Waals surface area contributed by atoms with Crippen molar-refractivity contribution in [3.8, 4) is 0 Å². The van der Waals surface area contributed by atoms with Crippen LogP contribution in [0.15, 0.2) is 35.2 Å². The van der Waals surface area contributed by atoms with Crippen molar-refractivity contribution in [3.63, 3.8) is 0 Å². The van der Waals surface area contributed by atoms with Crippen molar-refractivity contribution in [1.82, 2.24) is 5.48 Å². The maximum Gasteiger partial charge on any atom is 0.273 e. The number of rotatable bonds is 9. The second-order valence-corrected chi connectivity index (χ2v) is 7.79. The maximum absolute atomic E-state index is 12.8. The third-order valence-corrected chi connectivity index (χ3v) is 5.92. The molecular weight excluding hydrogens is 342 g/mol. The van der Waals surface area contributed by atoms with Crippen LogP contribution in [0.4, 0.5) is 0 Å². The van der Waals surface area contributed by atoms with Gasteiger partial charge >= 0.3 is 0 Å². The smallest absolute Gasteiger partial charge is 0.273 e. The first-order valence-electron chi connectivity index (χ1n) is 8.84. The predicted octanol–water partition coefficient (Wildman–Crippen LogP) is 2.29. The first-order valence-corrected chi connectivity index (χ1v) is 10.1. The molecule has 1 aliphatic heterocycles. The largest absolute Gasteiger partial charge is 0.382 e. The van der Waals surface area contributed by atoms with E-state index in [1.165, 1.54) is 0 Å². The number of nitrogens with one attached hydrogen (secondary N) is 1. The summed E-state index contributed by atoms with van der Waals surface area (Å²) in [5.41, 5.74) is 2.27. The van der Waals surface area contributed by atoms with Gasteiger partial charge in [-0.1, -0.05) is 38.0 Å². The van der Waals surface area contributed by atoms with Crippen molar-refractivity contribution in [1.29, 1.82) is 0 Å². The van der Waals surface area contributed by atoms with Crippen LogP contribution in [0.5, 0.6) is 0 Å². The Labute approximate surface area is 151 Å². The average molecular weight is 369 g/mol. The molecule has 0 spiro atoms. The molecule has 1 fully saturated rings. The number of unbranched alkanes of at least 4 members (excludes halogenated alkanes) is 1. The second kappa shape index (κ2) is 10.7. The molecule has 0 radical (unpaired) electrons. The van der Waals surface area contributed by atoms with Gasteiger partial charge in [-0.25, -0.2) is 10.3 Å².